The van der Waals surface area contributed by atoms with Crippen molar-refractivity contribution in [3.05, 3.63) is 59.9 Å². The molecular formula is C16H19N3O. The lowest BCUT2D eigenvalue weighted by Crippen LogP contribution is -2.31. The number of carbonyl (C=O) groups excluding carboxylic acids is 1. The van der Waals surface area contributed by atoms with Gasteiger partial charge in [-0.3, -0.25) is 4.98 Å². The molecule has 0 aliphatic rings. The minimum atomic E-state index is -0.229. The standard InChI is InChI=1S/C16H19N3O/c1-3-13-7-9-14(10-8-13)19-16(20)18-12(2)15-6-4-5-11-17-15/h4-12H,3H2,1-2H3,(H2,18,19,20). The number of pyridine rings is 1. The summed E-state index contributed by atoms with van der Waals surface area (Å²) < 4.78 is 0. The molecule has 2 aromatic rings. The van der Waals surface area contributed by atoms with E-state index in [-0.39, 0.29) is 12.1 Å². The van der Waals surface area contributed by atoms with Crippen LogP contribution in [0.4, 0.5) is 10.5 Å². The summed E-state index contributed by atoms with van der Waals surface area (Å²) in [5, 5.41) is 5.68. The highest BCUT2D eigenvalue weighted by molar-refractivity contribution is 5.89. The van der Waals surface area contributed by atoms with Crippen LogP contribution in [0.1, 0.15) is 31.1 Å². The van der Waals surface area contributed by atoms with Crippen LogP contribution < -0.4 is 10.6 Å². The minimum absolute atomic E-state index is 0.133. The van der Waals surface area contributed by atoms with Crippen LogP contribution in [0.25, 0.3) is 0 Å². The predicted molar refractivity (Wildman–Crippen MR) is 80.6 cm³/mol. The number of aromatic nitrogens is 1. The van der Waals surface area contributed by atoms with E-state index in [4.69, 9.17) is 0 Å². The lowest BCUT2D eigenvalue weighted by molar-refractivity contribution is 0.249. The molecule has 1 heterocycles. The Hall–Kier alpha value is -2.36. The highest BCUT2D eigenvalue weighted by Crippen LogP contribution is 2.11. The van der Waals surface area contributed by atoms with Crippen LogP contribution in [0.2, 0.25) is 0 Å². The fraction of sp³-hybridized carbons (Fsp3) is 0.250. The largest absolute Gasteiger partial charge is 0.330 e. The maximum absolute atomic E-state index is 11.9. The van der Waals surface area contributed by atoms with Gasteiger partial charge in [0.15, 0.2) is 0 Å². The third-order valence-corrected chi connectivity index (χ3v) is 3.10. The number of amides is 2. The van der Waals surface area contributed by atoms with Gasteiger partial charge in [0.2, 0.25) is 0 Å². The van der Waals surface area contributed by atoms with Gasteiger partial charge in [0.25, 0.3) is 0 Å². The molecule has 0 aliphatic carbocycles. The van der Waals surface area contributed by atoms with Crippen LogP contribution in [0, 0.1) is 0 Å². The first-order valence-corrected chi connectivity index (χ1v) is 6.76. The quantitative estimate of drug-likeness (QED) is 0.892. The summed E-state index contributed by atoms with van der Waals surface area (Å²) in [5.41, 5.74) is 2.87. The highest BCUT2D eigenvalue weighted by Gasteiger charge is 2.10. The van der Waals surface area contributed by atoms with E-state index in [0.717, 1.165) is 17.8 Å². The first-order valence-electron chi connectivity index (χ1n) is 6.76. The third kappa shape index (κ3) is 3.82. The van der Waals surface area contributed by atoms with Gasteiger partial charge in [-0.05, 0) is 43.2 Å². The first kappa shape index (κ1) is 14.1. The van der Waals surface area contributed by atoms with Crippen molar-refractivity contribution in [2.75, 3.05) is 5.32 Å². The summed E-state index contributed by atoms with van der Waals surface area (Å²) in [4.78, 5) is 16.1. The summed E-state index contributed by atoms with van der Waals surface area (Å²) in [6.45, 7) is 4.01. The summed E-state index contributed by atoms with van der Waals surface area (Å²) in [6, 6.07) is 13.1. The fourth-order valence-corrected chi connectivity index (χ4v) is 1.89. The van der Waals surface area contributed by atoms with Crippen molar-refractivity contribution >= 4 is 11.7 Å². The average Bonchev–Trinajstić information content (AvgIpc) is 2.49. The summed E-state index contributed by atoms with van der Waals surface area (Å²) >= 11 is 0. The molecule has 2 amide bonds. The van der Waals surface area contributed by atoms with Crippen molar-refractivity contribution in [2.24, 2.45) is 0 Å². The molecule has 1 aromatic heterocycles. The number of benzene rings is 1. The molecule has 104 valence electrons. The van der Waals surface area contributed by atoms with Crippen molar-refractivity contribution < 1.29 is 4.79 Å². The Morgan fingerprint density at radius 3 is 2.55 bits per heavy atom. The Bertz CT molecular complexity index is 552. The minimum Gasteiger partial charge on any atom is -0.330 e. The molecular weight excluding hydrogens is 250 g/mol. The molecule has 2 N–H and O–H groups in total. The second-order valence-electron chi connectivity index (χ2n) is 4.63. The first-order chi connectivity index (χ1) is 9.69. The maximum Gasteiger partial charge on any atom is 0.319 e. The predicted octanol–water partition coefficient (Wildman–Crippen LogP) is 3.53. The number of aryl methyl sites for hydroxylation is 1. The fourth-order valence-electron chi connectivity index (χ4n) is 1.89. The molecule has 0 saturated heterocycles. The molecule has 0 saturated carbocycles. The summed E-state index contributed by atoms with van der Waals surface area (Å²) in [5.74, 6) is 0. The molecule has 4 heteroatoms. The van der Waals surface area contributed by atoms with Gasteiger partial charge in [0.05, 0.1) is 11.7 Å². The molecule has 1 atom stereocenters. The number of carbonyl (C=O) groups is 1. The van der Waals surface area contributed by atoms with Gasteiger partial charge in [-0.25, -0.2) is 4.79 Å². The Balaban J connectivity index is 1.91. The van der Waals surface area contributed by atoms with E-state index >= 15 is 0 Å². The summed E-state index contributed by atoms with van der Waals surface area (Å²) in [6.07, 6.45) is 2.71. The van der Waals surface area contributed by atoms with Crippen LogP contribution >= 0.6 is 0 Å². The number of urea groups is 1. The number of hydrogen-bond donors (Lipinski definition) is 2. The Kier molecular flexibility index (Phi) is 4.71. The number of rotatable bonds is 4. The summed E-state index contributed by atoms with van der Waals surface area (Å²) in [7, 11) is 0. The van der Waals surface area contributed by atoms with Crippen molar-refractivity contribution in [3.63, 3.8) is 0 Å². The normalized spacial score (nSPS) is 11.7. The van der Waals surface area contributed by atoms with Gasteiger partial charge in [-0.15, -0.1) is 0 Å². The molecule has 0 radical (unpaired) electrons. The van der Waals surface area contributed by atoms with Crippen molar-refractivity contribution in [1.82, 2.24) is 10.3 Å². The van der Waals surface area contributed by atoms with Crippen molar-refractivity contribution in [2.45, 2.75) is 26.3 Å². The third-order valence-electron chi connectivity index (χ3n) is 3.10. The molecule has 2 rings (SSSR count). The molecule has 0 spiro atoms. The molecule has 4 nitrogen and oxygen atoms in total. The molecule has 0 aliphatic heterocycles. The highest BCUT2D eigenvalue weighted by atomic mass is 16.2. The van der Waals surface area contributed by atoms with Gasteiger partial charge < -0.3 is 10.6 Å². The average molecular weight is 269 g/mol. The van der Waals surface area contributed by atoms with E-state index in [1.165, 1.54) is 5.56 Å². The molecule has 0 bridgehead atoms. The molecule has 1 aromatic carbocycles. The van der Waals surface area contributed by atoms with Crippen molar-refractivity contribution in [3.8, 4) is 0 Å². The van der Waals surface area contributed by atoms with E-state index in [1.807, 2.05) is 49.4 Å². The SMILES string of the molecule is CCc1ccc(NC(=O)NC(C)c2ccccn2)cc1. The Morgan fingerprint density at radius 1 is 1.20 bits per heavy atom. The second-order valence-corrected chi connectivity index (χ2v) is 4.63. The van der Waals surface area contributed by atoms with Gasteiger partial charge in [0.1, 0.15) is 0 Å². The zero-order chi connectivity index (χ0) is 14.4. The van der Waals surface area contributed by atoms with Gasteiger partial charge in [-0.2, -0.15) is 0 Å². The molecule has 1 unspecified atom stereocenters. The zero-order valence-corrected chi connectivity index (χ0v) is 11.8. The lowest BCUT2D eigenvalue weighted by atomic mass is 10.1. The van der Waals surface area contributed by atoms with Gasteiger partial charge in [-0.1, -0.05) is 25.1 Å². The maximum atomic E-state index is 11.9. The van der Waals surface area contributed by atoms with E-state index < -0.39 is 0 Å². The number of hydrogen-bond acceptors (Lipinski definition) is 2. The Labute approximate surface area is 119 Å². The van der Waals surface area contributed by atoms with E-state index in [1.54, 1.807) is 6.20 Å². The smallest absolute Gasteiger partial charge is 0.319 e. The van der Waals surface area contributed by atoms with E-state index in [0.29, 0.717) is 0 Å². The Morgan fingerprint density at radius 2 is 1.95 bits per heavy atom. The van der Waals surface area contributed by atoms with Crippen LogP contribution in [-0.4, -0.2) is 11.0 Å². The van der Waals surface area contributed by atoms with E-state index in [2.05, 4.69) is 22.5 Å². The van der Waals surface area contributed by atoms with Crippen LogP contribution in [0.3, 0.4) is 0 Å². The van der Waals surface area contributed by atoms with E-state index in [9.17, 15) is 4.79 Å². The number of nitrogens with one attached hydrogen (secondary N) is 2. The van der Waals surface area contributed by atoms with Gasteiger partial charge in [0, 0.05) is 11.9 Å². The monoisotopic (exact) mass is 269 g/mol. The lowest BCUT2D eigenvalue weighted by Gasteiger charge is -2.14. The van der Waals surface area contributed by atoms with Crippen LogP contribution in [-0.2, 0) is 6.42 Å². The van der Waals surface area contributed by atoms with Crippen molar-refractivity contribution in [1.29, 1.82) is 0 Å². The van der Waals surface area contributed by atoms with Crippen LogP contribution in [0.5, 0.6) is 0 Å². The van der Waals surface area contributed by atoms with Gasteiger partial charge >= 0.3 is 6.03 Å². The number of anilines is 1. The number of nitrogens with zero attached hydrogens (tertiary/aromatic N) is 1. The zero-order valence-electron chi connectivity index (χ0n) is 11.8. The molecule has 0 fully saturated rings. The topological polar surface area (TPSA) is 54.0 Å². The van der Waals surface area contributed by atoms with Crippen LogP contribution in [0.15, 0.2) is 48.7 Å². The molecule has 20 heavy (non-hydrogen) atoms. The second kappa shape index (κ2) is 6.70.